The molecule has 0 N–H and O–H groups in total. The van der Waals surface area contributed by atoms with E-state index in [1.807, 2.05) is 0 Å². The number of benzene rings is 1. The van der Waals surface area contributed by atoms with Crippen LogP contribution in [0.5, 0.6) is 5.75 Å². The zero-order chi connectivity index (χ0) is 13.4. The van der Waals surface area contributed by atoms with Crippen molar-refractivity contribution in [3.05, 3.63) is 29.8 Å². The molecule has 1 aromatic rings. The summed E-state index contributed by atoms with van der Waals surface area (Å²) in [5.74, 6) is -2.13. The molecule has 0 radical (unpaired) electrons. The number of carbonyl (C=O) groups excluding carboxylic acids is 1. The molecule has 0 unspecified atom stereocenters. The number of methoxy groups -OCH3 is 1. The smallest absolute Gasteiger partial charge is 0.435 e. The molecule has 0 aliphatic rings. The van der Waals surface area contributed by atoms with E-state index in [4.69, 9.17) is 0 Å². The molecule has 0 heterocycles. The Hall–Kier alpha value is -1.51. The minimum Gasteiger partial charge on any atom is -0.465 e. The lowest BCUT2D eigenvalue weighted by molar-refractivity contribution is 0.0600. The molecule has 1 rings (SSSR count). The molecule has 0 bridgehead atoms. The van der Waals surface area contributed by atoms with Gasteiger partial charge in [-0.05, 0) is 18.2 Å². The monoisotopic (exact) mass is 278 g/mol. The number of hydrogen-bond donors (Lipinski definition) is 0. The zero-order valence-electron chi connectivity index (χ0n) is 8.33. The van der Waals surface area contributed by atoms with Gasteiger partial charge in [-0.2, -0.15) is 0 Å². The first-order valence-corrected chi connectivity index (χ1v) is 5.91. The predicted molar refractivity (Wildman–Crippen MR) is 51.5 cm³/mol. The van der Waals surface area contributed by atoms with Crippen molar-refractivity contribution >= 4 is 16.5 Å². The van der Waals surface area contributed by atoms with E-state index in [9.17, 15) is 24.2 Å². The summed E-state index contributed by atoms with van der Waals surface area (Å²) in [5.41, 5.74) is -0.327. The molecule has 0 saturated heterocycles. The fourth-order valence-corrected chi connectivity index (χ4v) is 1.44. The van der Waals surface area contributed by atoms with Crippen molar-refractivity contribution in [1.29, 1.82) is 0 Å². The molecule has 0 fully saturated rings. The summed E-state index contributed by atoms with van der Waals surface area (Å²) in [6.07, 6.45) is 0. The Labute approximate surface area is 93.1 Å². The van der Waals surface area contributed by atoms with Crippen LogP contribution < -0.4 is 4.18 Å². The maximum Gasteiger partial charge on any atom is 0.435 e. The fraction of sp³-hybridized carbons (Fsp3) is 0.125. The van der Waals surface area contributed by atoms with Gasteiger partial charge in [-0.15, -0.1) is 0 Å². The summed E-state index contributed by atoms with van der Waals surface area (Å²) in [5, 5.41) is 0. The van der Waals surface area contributed by atoms with Crippen molar-refractivity contribution in [2.45, 2.75) is 0 Å². The number of ether oxygens (including phenoxy) is 1. The van der Waals surface area contributed by atoms with E-state index in [2.05, 4.69) is 8.92 Å². The average Bonchev–Trinajstić information content (AvgIpc) is 2.12. The summed E-state index contributed by atoms with van der Waals surface area (Å²) in [6, 6.07) is 3.24. The predicted octanol–water partition coefficient (Wildman–Crippen LogP) is 4.07. The van der Waals surface area contributed by atoms with Crippen molar-refractivity contribution in [2.75, 3.05) is 7.11 Å². The van der Waals surface area contributed by atoms with E-state index in [-0.39, 0.29) is 5.56 Å². The van der Waals surface area contributed by atoms with E-state index in [1.165, 1.54) is 0 Å². The van der Waals surface area contributed by atoms with Crippen LogP contribution in [0.3, 0.4) is 0 Å². The summed E-state index contributed by atoms with van der Waals surface area (Å²) in [6.45, 7) is 0. The van der Waals surface area contributed by atoms with E-state index in [0.29, 0.717) is 12.1 Å². The maximum absolute atomic E-state index is 12.0. The van der Waals surface area contributed by atoms with Gasteiger partial charge in [-0.25, -0.2) is 4.79 Å². The Kier molecular flexibility index (Phi) is 2.59. The summed E-state index contributed by atoms with van der Waals surface area (Å²) >= 11 is 0. The first-order valence-electron chi connectivity index (χ1n) is 4.03. The molecule has 98 valence electrons. The Balaban J connectivity index is 3.07. The van der Waals surface area contributed by atoms with E-state index in [0.717, 1.165) is 19.2 Å². The molecular formula is C8H7F5O3S. The third-order valence-corrected chi connectivity index (χ3v) is 2.02. The number of carbonyl (C=O) groups is 1. The van der Waals surface area contributed by atoms with Gasteiger partial charge in [-0.3, -0.25) is 0 Å². The van der Waals surface area contributed by atoms with Crippen LogP contribution >= 0.6 is 10.5 Å². The van der Waals surface area contributed by atoms with Gasteiger partial charge in [-0.1, -0.05) is 25.5 Å². The minimum atomic E-state index is -10.0. The zero-order valence-corrected chi connectivity index (χ0v) is 9.15. The van der Waals surface area contributed by atoms with Gasteiger partial charge < -0.3 is 8.92 Å². The Morgan fingerprint density at radius 3 is 2.24 bits per heavy atom. The van der Waals surface area contributed by atoms with Crippen molar-refractivity contribution in [1.82, 2.24) is 0 Å². The maximum atomic E-state index is 12.0. The number of rotatable bonds is 3. The lowest BCUT2D eigenvalue weighted by atomic mass is 10.2. The molecule has 0 aliphatic carbocycles. The summed E-state index contributed by atoms with van der Waals surface area (Å²) in [4.78, 5) is 11.0. The normalized spacial score (nSPS) is 15.6. The topological polar surface area (TPSA) is 35.5 Å². The van der Waals surface area contributed by atoms with Crippen molar-refractivity contribution in [2.24, 2.45) is 0 Å². The van der Waals surface area contributed by atoms with Gasteiger partial charge in [0, 0.05) is 0 Å². The highest BCUT2D eigenvalue weighted by atomic mass is 32.5. The molecule has 3 nitrogen and oxygen atoms in total. The van der Waals surface area contributed by atoms with E-state index in [1.54, 1.807) is 0 Å². The van der Waals surface area contributed by atoms with Gasteiger partial charge >= 0.3 is 16.5 Å². The molecule has 9 heteroatoms. The van der Waals surface area contributed by atoms with Crippen LogP contribution in [-0.4, -0.2) is 13.1 Å². The Bertz CT molecular complexity index is 455. The van der Waals surface area contributed by atoms with Crippen LogP contribution in [0.4, 0.5) is 19.4 Å². The molecule has 0 spiro atoms. The van der Waals surface area contributed by atoms with Crippen molar-refractivity contribution in [3.8, 4) is 5.75 Å². The highest BCUT2D eigenvalue weighted by molar-refractivity contribution is 8.42. The fourth-order valence-electron chi connectivity index (χ4n) is 0.975. The van der Waals surface area contributed by atoms with Crippen LogP contribution in [-0.2, 0) is 4.74 Å². The average molecular weight is 278 g/mol. The van der Waals surface area contributed by atoms with Crippen LogP contribution in [0.25, 0.3) is 0 Å². The van der Waals surface area contributed by atoms with Crippen LogP contribution in [0.15, 0.2) is 24.3 Å². The highest BCUT2D eigenvalue weighted by Gasteiger charge is 2.67. The molecule has 17 heavy (non-hydrogen) atoms. The first-order chi connectivity index (χ1) is 7.40. The molecule has 0 atom stereocenters. The highest BCUT2D eigenvalue weighted by Crippen LogP contribution is 2.97. The number of halogens is 5. The van der Waals surface area contributed by atoms with Crippen LogP contribution in [0.1, 0.15) is 10.4 Å². The second-order valence-corrected chi connectivity index (χ2v) is 4.96. The molecule has 0 aliphatic heterocycles. The van der Waals surface area contributed by atoms with E-state index < -0.39 is 22.2 Å². The SMILES string of the molecule is COC(=O)c1cccc(OS(F)(F)(F)(F)F)c1. The lowest BCUT2D eigenvalue weighted by Crippen LogP contribution is -2.14. The second kappa shape index (κ2) is 3.25. The molecule has 0 amide bonds. The first kappa shape index (κ1) is 13.6. The Morgan fingerprint density at radius 1 is 1.18 bits per heavy atom. The standard InChI is InChI=1S/C8H7F5O3S/c1-15-8(14)6-3-2-4-7(5-6)16-17(9,10,11,12)13/h2-5H,1H3. The second-order valence-electron chi connectivity index (χ2n) is 3.00. The molecule has 0 aromatic heterocycles. The minimum absolute atomic E-state index is 0.327. The number of hydrogen-bond acceptors (Lipinski definition) is 3. The van der Waals surface area contributed by atoms with Gasteiger partial charge in [0.2, 0.25) is 0 Å². The molecular weight excluding hydrogens is 271 g/mol. The quantitative estimate of drug-likeness (QED) is 0.617. The van der Waals surface area contributed by atoms with Crippen LogP contribution in [0, 0.1) is 0 Å². The largest absolute Gasteiger partial charge is 0.465 e. The lowest BCUT2D eigenvalue weighted by Gasteiger charge is -2.39. The molecule has 1 aromatic carbocycles. The van der Waals surface area contributed by atoms with Crippen molar-refractivity contribution in [3.63, 3.8) is 0 Å². The summed E-state index contributed by atoms with van der Waals surface area (Å²) < 4.78 is 66.9. The van der Waals surface area contributed by atoms with Crippen LogP contribution in [0.2, 0.25) is 0 Å². The summed E-state index contributed by atoms with van der Waals surface area (Å²) in [7, 11) is -9.01. The van der Waals surface area contributed by atoms with Gasteiger partial charge in [0.05, 0.1) is 12.7 Å². The molecule has 0 saturated carbocycles. The third-order valence-electron chi connectivity index (χ3n) is 1.51. The Morgan fingerprint density at radius 2 is 1.76 bits per heavy atom. The van der Waals surface area contributed by atoms with E-state index >= 15 is 0 Å². The third kappa shape index (κ3) is 4.89. The van der Waals surface area contributed by atoms with Gasteiger partial charge in [0.25, 0.3) is 0 Å². The van der Waals surface area contributed by atoms with Crippen molar-refractivity contribution < 1.29 is 33.1 Å². The van der Waals surface area contributed by atoms with Gasteiger partial charge in [0.15, 0.2) is 0 Å². The number of esters is 1. The van der Waals surface area contributed by atoms with Gasteiger partial charge in [0.1, 0.15) is 5.75 Å².